The number of rotatable bonds is 8. The highest BCUT2D eigenvalue weighted by molar-refractivity contribution is 5.91. The van der Waals surface area contributed by atoms with Crippen molar-refractivity contribution in [1.29, 1.82) is 0 Å². The van der Waals surface area contributed by atoms with Crippen molar-refractivity contribution in [2.75, 3.05) is 12.4 Å². The number of ether oxygens (including phenoxy) is 2. The fourth-order valence-electron chi connectivity index (χ4n) is 2.51. The second kappa shape index (κ2) is 8.73. The Morgan fingerprint density at radius 2 is 1.87 bits per heavy atom. The Balaban J connectivity index is 1.76. The molecule has 0 spiro atoms. The van der Waals surface area contributed by atoms with Gasteiger partial charge in [-0.15, -0.1) is 0 Å². The molecule has 0 saturated heterocycles. The molecule has 0 radical (unpaired) electrons. The standard InChI is InChI=1S/C19H16N4O7/c1-29-15-2-4-16(5-3-15)30-17-7-13(6-14(8-17)23(27)28)21-18(24)11-22-10-12(9-20-22)19(25)26/h2-10H,11H2,1H3,(H,21,24)(H,25,26). The maximum absolute atomic E-state index is 12.2. The van der Waals surface area contributed by atoms with Gasteiger partial charge in [0.05, 0.1) is 35.5 Å². The quantitative estimate of drug-likeness (QED) is 0.424. The van der Waals surface area contributed by atoms with E-state index < -0.39 is 16.8 Å². The molecule has 1 heterocycles. The van der Waals surface area contributed by atoms with E-state index in [4.69, 9.17) is 14.6 Å². The van der Waals surface area contributed by atoms with Gasteiger partial charge in [0.1, 0.15) is 23.8 Å². The number of non-ortho nitro benzene ring substituents is 1. The molecule has 0 aliphatic rings. The normalized spacial score (nSPS) is 10.3. The number of methoxy groups -OCH3 is 1. The first-order chi connectivity index (χ1) is 14.3. The van der Waals surface area contributed by atoms with E-state index >= 15 is 0 Å². The largest absolute Gasteiger partial charge is 0.497 e. The number of carboxylic acid groups (broad SMARTS) is 1. The first kappa shape index (κ1) is 20.3. The van der Waals surface area contributed by atoms with Crippen molar-refractivity contribution >= 4 is 23.3 Å². The summed E-state index contributed by atoms with van der Waals surface area (Å²) in [5.74, 6) is -0.520. The topological polar surface area (TPSA) is 146 Å². The van der Waals surface area contributed by atoms with Gasteiger partial charge in [-0.25, -0.2) is 4.79 Å². The van der Waals surface area contributed by atoms with Crippen LogP contribution in [0.4, 0.5) is 11.4 Å². The van der Waals surface area contributed by atoms with Crippen LogP contribution in [0.25, 0.3) is 0 Å². The van der Waals surface area contributed by atoms with Gasteiger partial charge >= 0.3 is 5.97 Å². The molecule has 3 rings (SSSR count). The van der Waals surface area contributed by atoms with Crippen LogP contribution in [-0.4, -0.2) is 38.8 Å². The molecule has 0 aliphatic carbocycles. The highest BCUT2D eigenvalue weighted by Gasteiger charge is 2.14. The Kier molecular flexibility index (Phi) is 5.92. The van der Waals surface area contributed by atoms with Crippen molar-refractivity contribution in [2.24, 2.45) is 0 Å². The molecule has 0 saturated carbocycles. The summed E-state index contributed by atoms with van der Waals surface area (Å²) >= 11 is 0. The van der Waals surface area contributed by atoms with Crippen LogP contribution in [0.3, 0.4) is 0 Å². The van der Waals surface area contributed by atoms with Crippen LogP contribution in [0.2, 0.25) is 0 Å². The van der Waals surface area contributed by atoms with Crippen molar-refractivity contribution in [2.45, 2.75) is 6.54 Å². The summed E-state index contributed by atoms with van der Waals surface area (Å²) in [7, 11) is 1.52. The van der Waals surface area contributed by atoms with E-state index in [1.807, 2.05) is 0 Å². The molecule has 2 aromatic carbocycles. The molecule has 0 unspecified atom stereocenters. The average molecular weight is 412 g/mol. The molecular formula is C19H16N4O7. The second-order valence-corrected chi connectivity index (χ2v) is 6.03. The number of nitrogens with zero attached hydrogens (tertiary/aromatic N) is 3. The monoisotopic (exact) mass is 412 g/mol. The lowest BCUT2D eigenvalue weighted by molar-refractivity contribution is -0.384. The Hall–Kier alpha value is -4.41. The zero-order valence-corrected chi connectivity index (χ0v) is 15.6. The van der Waals surface area contributed by atoms with E-state index in [1.54, 1.807) is 24.3 Å². The molecule has 30 heavy (non-hydrogen) atoms. The predicted molar refractivity (Wildman–Crippen MR) is 104 cm³/mol. The Morgan fingerprint density at radius 1 is 1.17 bits per heavy atom. The third-order valence-corrected chi connectivity index (χ3v) is 3.87. The minimum Gasteiger partial charge on any atom is -0.497 e. The zero-order chi connectivity index (χ0) is 21.7. The summed E-state index contributed by atoms with van der Waals surface area (Å²) in [6.45, 7) is -0.273. The van der Waals surface area contributed by atoms with Crippen molar-refractivity contribution in [3.05, 3.63) is 70.5 Å². The van der Waals surface area contributed by atoms with Gasteiger partial charge in [0.15, 0.2) is 0 Å². The number of carboxylic acids is 1. The fraction of sp³-hybridized carbons (Fsp3) is 0.105. The van der Waals surface area contributed by atoms with E-state index in [2.05, 4.69) is 10.4 Å². The smallest absolute Gasteiger partial charge is 0.338 e. The van der Waals surface area contributed by atoms with Crippen LogP contribution in [0, 0.1) is 10.1 Å². The first-order valence-corrected chi connectivity index (χ1v) is 8.51. The molecular weight excluding hydrogens is 396 g/mol. The summed E-state index contributed by atoms with van der Waals surface area (Å²) in [6, 6.07) is 10.5. The summed E-state index contributed by atoms with van der Waals surface area (Å²) in [5.41, 5.74) is -0.194. The molecule has 154 valence electrons. The molecule has 0 atom stereocenters. The number of carbonyl (C=O) groups excluding carboxylic acids is 1. The maximum atomic E-state index is 12.2. The Morgan fingerprint density at radius 3 is 2.47 bits per heavy atom. The van der Waals surface area contributed by atoms with Crippen LogP contribution < -0.4 is 14.8 Å². The molecule has 1 aromatic heterocycles. The maximum Gasteiger partial charge on any atom is 0.338 e. The lowest BCUT2D eigenvalue weighted by Crippen LogP contribution is -2.19. The fourth-order valence-corrected chi connectivity index (χ4v) is 2.51. The third-order valence-electron chi connectivity index (χ3n) is 3.87. The summed E-state index contributed by atoms with van der Waals surface area (Å²) in [6.07, 6.45) is 2.32. The molecule has 0 bridgehead atoms. The van der Waals surface area contributed by atoms with Gasteiger partial charge in [0.2, 0.25) is 5.91 Å². The number of hydrogen-bond acceptors (Lipinski definition) is 7. The predicted octanol–water partition coefficient (Wildman–Crippen LogP) is 2.93. The number of nitro benzene ring substituents is 1. The molecule has 0 fully saturated rings. The lowest BCUT2D eigenvalue weighted by Gasteiger charge is -2.10. The highest BCUT2D eigenvalue weighted by Crippen LogP contribution is 2.30. The van der Waals surface area contributed by atoms with Crippen LogP contribution >= 0.6 is 0 Å². The van der Waals surface area contributed by atoms with E-state index in [-0.39, 0.29) is 29.2 Å². The number of aromatic nitrogens is 2. The van der Waals surface area contributed by atoms with Crippen LogP contribution in [0.15, 0.2) is 54.9 Å². The van der Waals surface area contributed by atoms with E-state index in [9.17, 15) is 19.7 Å². The summed E-state index contributed by atoms with van der Waals surface area (Å²) in [5, 5.41) is 26.4. The van der Waals surface area contributed by atoms with E-state index in [1.165, 1.54) is 31.5 Å². The summed E-state index contributed by atoms with van der Waals surface area (Å²) < 4.78 is 11.9. The number of benzene rings is 2. The van der Waals surface area contributed by atoms with Crippen molar-refractivity contribution < 1.29 is 29.1 Å². The van der Waals surface area contributed by atoms with Gasteiger partial charge < -0.3 is 19.9 Å². The Labute approximate surface area is 169 Å². The summed E-state index contributed by atoms with van der Waals surface area (Å²) in [4.78, 5) is 33.7. The van der Waals surface area contributed by atoms with Gasteiger partial charge in [0, 0.05) is 18.3 Å². The average Bonchev–Trinajstić information content (AvgIpc) is 3.17. The number of nitrogens with one attached hydrogen (secondary N) is 1. The van der Waals surface area contributed by atoms with Gasteiger partial charge in [-0.3, -0.25) is 19.6 Å². The van der Waals surface area contributed by atoms with Gasteiger partial charge in [-0.05, 0) is 24.3 Å². The van der Waals surface area contributed by atoms with Crippen LogP contribution in [-0.2, 0) is 11.3 Å². The van der Waals surface area contributed by atoms with Crippen molar-refractivity contribution in [3.63, 3.8) is 0 Å². The van der Waals surface area contributed by atoms with Gasteiger partial charge in [-0.2, -0.15) is 5.10 Å². The van der Waals surface area contributed by atoms with E-state index in [0.29, 0.717) is 11.5 Å². The number of anilines is 1. The van der Waals surface area contributed by atoms with Crippen molar-refractivity contribution in [3.8, 4) is 17.2 Å². The SMILES string of the molecule is COc1ccc(Oc2cc(NC(=O)Cn3cc(C(=O)O)cn3)cc([N+](=O)[O-])c2)cc1. The molecule has 1 amide bonds. The van der Waals surface area contributed by atoms with Crippen LogP contribution in [0.5, 0.6) is 17.2 Å². The number of aromatic carboxylic acids is 1. The highest BCUT2D eigenvalue weighted by atomic mass is 16.6. The number of nitro groups is 1. The number of hydrogen-bond donors (Lipinski definition) is 2. The van der Waals surface area contributed by atoms with Gasteiger partial charge in [0.25, 0.3) is 5.69 Å². The molecule has 0 aliphatic heterocycles. The molecule has 3 aromatic rings. The minimum absolute atomic E-state index is 0.0617. The second-order valence-electron chi connectivity index (χ2n) is 6.03. The first-order valence-electron chi connectivity index (χ1n) is 8.51. The molecule has 2 N–H and O–H groups in total. The van der Waals surface area contributed by atoms with Gasteiger partial charge in [-0.1, -0.05) is 0 Å². The lowest BCUT2D eigenvalue weighted by atomic mass is 10.2. The Bertz CT molecular complexity index is 1090. The zero-order valence-electron chi connectivity index (χ0n) is 15.6. The molecule has 11 heteroatoms. The number of carbonyl (C=O) groups is 2. The number of amides is 1. The van der Waals surface area contributed by atoms with E-state index in [0.717, 1.165) is 10.9 Å². The minimum atomic E-state index is -1.17. The third kappa shape index (κ3) is 5.10. The van der Waals surface area contributed by atoms with Crippen molar-refractivity contribution in [1.82, 2.24) is 9.78 Å². The molecule has 11 nitrogen and oxygen atoms in total. The van der Waals surface area contributed by atoms with Crippen LogP contribution in [0.1, 0.15) is 10.4 Å².